The molecule has 1 atom stereocenters. The van der Waals surface area contributed by atoms with Gasteiger partial charge in [0.1, 0.15) is 0 Å². The fraction of sp³-hybridized carbons (Fsp3) is 1.00. The van der Waals surface area contributed by atoms with E-state index in [2.05, 4.69) is 33.1 Å². The summed E-state index contributed by atoms with van der Waals surface area (Å²) in [7, 11) is 2.12. The molecule has 1 heteroatoms. The van der Waals surface area contributed by atoms with Crippen LogP contribution in [0.25, 0.3) is 0 Å². The molecule has 1 fully saturated rings. The second-order valence-electron chi connectivity index (χ2n) is 5.69. The van der Waals surface area contributed by atoms with Crippen LogP contribution in [-0.4, -0.2) is 13.1 Å². The minimum Gasteiger partial charge on any atom is -0.317 e. The van der Waals surface area contributed by atoms with Crippen LogP contribution in [0, 0.1) is 11.3 Å². The van der Waals surface area contributed by atoms with Gasteiger partial charge >= 0.3 is 0 Å². The molecule has 1 aliphatic rings. The molecule has 78 valence electrons. The predicted octanol–water partition coefficient (Wildman–Crippen LogP) is 3.20. The minimum atomic E-state index is 0.499. The fourth-order valence-electron chi connectivity index (χ4n) is 2.05. The van der Waals surface area contributed by atoms with Gasteiger partial charge in [0.2, 0.25) is 0 Å². The summed E-state index contributed by atoms with van der Waals surface area (Å²) in [4.78, 5) is 0. The lowest BCUT2D eigenvalue weighted by Crippen LogP contribution is -2.37. The highest BCUT2D eigenvalue weighted by Crippen LogP contribution is 2.33. The smallest absolute Gasteiger partial charge is 0.00925 e. The molecule has 0 bridgehead atoms. The third kappa shape index (κ3) is 3.68. The molecule has 0 spiro atoms. The summed E-state index contributed by atoms with van der Waals surface area (Å²) in [6.45, 7) is 7.00. The highest BCUT2D eigenvalue weighted by atomic mass is 14.9. The van der Waals surface area contributed by atoms with Crippen molar-refractivity contribution in [1.82, 2.24) is 5.32 Å². The summed E-state index contributed by atoms with van der Waals surface area (Å²) in [5, 5.41) is 3.48. The number of hydrogen-bond donors (Lipinski definition) is 1. The Balaban J connectivity index is 2.23. The molecule has 1 aliphatic carbocycles. The lowest BCUT2D eigenvalue weighted by Gasteiger charge is -2.35. The Kier molecular flexibility index (Phi) is 3.78. The molecule has 1 nitrogen and oxygen atoms in total. The molecule has 0 heterocycles. The largest absolute Gasteiger partial charge is 0.317 e. The van der Waals surface area contributed by atoms with E-state index in [1.54, 1.807) is 0 Å². The van der Waals surface area contributed by atoms with Crippen molar-refractivity contribution in [2.45, 2.75) is 58.9 Å². The molecular formula is C12H25N. The van der Waals surface area contributed by atoms with E-state index in [0.29, 0.717) is 5.41 Å². The van der Waals surface area contributed by atoms with Crippen LogP contribution in [0.15, 0.2) is 0 Å². The molecule has 1 saturated carbocycles. The molecule has 0 aromatic carbocycles. The highest BCUT2D eigenvalue weighted by Gasteiger charge is 2.26. The molecule has 0 aliphatic heterocycles. The van der Waals surface area contributed by atoms with E-state index in [1.165, 1.54) is 32.1 Å². The van der Waals surface area contributed by atoms with Crippen molar-refractivity contribution in [3.05, 3.63) is 0 Å². The molecule has 1 N–H and O–H groups in total. The van der Waals surface area contributed by atoms with E-state index in [1.807, 2.05) is 0 Å². The lowest BCUT2D eigenvalue weighted by molar-refractivity contribution is 0.207. The topological polar surface area (TPSA) is 12.0 Å². The molecule has 0 aromatic rings. The molecular weight excluding hydrogens is 158 g/mol. The number of rotatable bonds is 4. The summed E-state index contributed by atoms with van der Waals surface area (Å²) in [6, 6.07) is 0.785. The average molecular weight is 183 g/mol. The summed E-state index contributed by atoms with van der Waals surface area (Å²) in [5.74, 6) is 0.979. The Morgan fingerprint density at radius 2 is 1.92 bits per heavy atom. The van der Waals surface area contributed by atoms with Crippen molar-refractivity contribution in [3.63, 3.8) is 0 Å². The summed E-state index contributed by atoms with van der Waals surface area (Å²) < 4.78 is 0. The molecule has 13 heavy (non-hydrogen) atoms. The zero-order chi connectivity index (χ0) is 9.90. The first-order valence-corrected chi connectivity index (χ1v) is 5.70. The van der Waals surface area contributed by atoms with E-state index >= 15 is 0 Å². The first-order chi connectivity index (χ1) is 6.03. The van der Waals surface area contributed by atoms with Crippen molar-refractivity contribution < 1.29 is 0 Å². The molecule has 0 amide bonds. The van der Waals surface area contributed by atoms with Crippen molar-refractivity contribution in [3.8, 4) is 0 Å². The van der Waals surface area contributed by atoms with Crippen LogP contribution < -0.4 is 5.32 Å². The first-order valence-electron chi connectivity index (χ1n) is 5.70. The normalized spacial score (nSPS) is 21.2. The van der Waals surface area contributed by atoms with Crippen LogP contribution in [0.1, 0.15) is 52.9 Å². The number of hydrogen-bond acceptors (Lipinski definition) is 1. The predicted molar refractivity (Wildman–Crippen MR) is 58.9 cm³/mol. The minimum absolute atomic E-state index is 0.499. The maximum Gasteiger partial charge on any atom is 0.00925 e. The Labute approximate surface area is 83.3 Å². The highest BCUT2D eigenvalue weighted by molar-refractivity contribution is 4.82. The van der Waals surface area contributed by atoms with Crippen LogP contribution in [-0.2, 0) is 0 Å². The number of nitrogens with one attached hydrogen (secondary N) is 1. The van der Waals surface area contributed by atoms with Crippen LogP contribution in [0.5, 0.6) is 0 Å². The van der Waals surface area contributed by atoms with Crippen molar-refractivity contribution in [2.75, 3.05) is 7.05 Å². The van der Waals surface area contributed by atoms with Gasteiger partial charge in [0, 0.05) is 6.04 Å². The Morgan fingerprint density at radius 1 is 1.31 bits per heavy atom. The van der Waals surface area contributed by atoms with Crippen LogP contribution in [0.2, 0.25) is 0 Å². The Bertz CT molecular complexity index is 142. The van der Waals surface area contributed by atoms with Crippen LogP contribution in [0.4, 0.5) is 0 Å². The van der Waals surface area contributed by atoms with E-state index in [4.69, 9.17) is 0 Å². The van der Waals surface area contributed by atoms with Gasteiger partial charge in [-0.05, 0) is 44.1 Å². The third-order valence-electron chi connectivity index (χ3n) is 3.29. The van der Waals surface area contributed by atoms with Gasteiger partial charge in [0.05, 0.1) is 0 Å². The second-order valence-corrected chi connectivity index (χ2v) is 5.69. The van der Waals surface area contributed by atoms with E-state index < -0.39 is 0 Å². The zero-order valence-corrected chi connectivity index (χ0v) is 9.69. The monoisotopic (exact) mass is 183 g/mol. The Hall–Kier alpha value is -0.0400. The standard InChI is InChI=1S/C12H25N/c1-12(2,3)9-8-11(13-4)10-6-5-7-10/h10-11,13H,5-9H2,1-4H3. The molecule has 0 aromatic heterocycles. The third-order valence-corrected chi connectivity index (χ3v) is 3.29. The van der Waals surface area contributed by atoms with E-state index in [-0.39, 0.29) is 0 Å². The van der Waals surface area contributed by atoms with Crippen molar-refractivity contribution in [2.24, 2.45) is 11.3 Å². The fourth-order valence-corrected chi connectivity index (χ4v) is 2.05. The summed E-state index contributed by atoms with van der Waals surface area (Å²) in [6.07, 6.45) is 7.06. The first kappa shape index (κ1) is 11.0. The molecule has 0 saturated heterocycles. The molecule has 1 rings (SSSR count). The van der Waals surface area contributed by atoms with E-state index in [0.717, 1.165) is 12.0 Å². The summed E-state index contributed by atoms with van der Waals surface area (Å²) in [5.41, 5.74) is 0.499. The van der Waals surface area contributed by atoms with Gasteiger partial charge in [-0.15, -0.1) is 0 Å². The van der Waals surface area contributed by atoms with Gasteiger partial charge in [0.25, 0.3) is 0 Å². The average Bonchev–Trinajstić information content (AvgIpc) is 1.91. The van der Waals surface area contributed by atoms with Gasteiger partial charge < -0.3 is 5.32 Å². The Morgan fingerprint density at radius 3 is 2.23 bits per heavy atom. The van der Waals surface area contributed by atoms with Gasteiger partial charge in [-0.2, -0.15) is 0 Å². The van der Waals surface area contributed by atoms with Crippen molar-refractivity contribution in [1.29, 1.82) is 0 Å². The quantitative estimate of drug-likeness (QED) is 0.706. The summed E-state index contributed by atoms with van der Waals surface area (Å²) >= 11 is 0. The van der Waals surface area contributed by atoms with Gasteiger partial charge in [0.15, 0.2) is 0 Å². The zero-order valence-electron chi connectivity index (χ0n) is 9.69. The second kappa shape index (κ2) is 4.45. The van der Waals surface area contributed by atoms with Gasteiger partial charge in [-0.1, -0.05) is 27.2 Å². The van der Waals surface area contributed by atoms with Crippen molar-refractivity contribution >= 4 is 0 Å². The van der Waals surface area contributed by atoms with Gasteiger partial charge in [-0.25, -0.2) is 0 Å². The molecule has 0 radical (unpaired) electrons. The maximum absolute atomic E-state index is 3.48. The van der Waals surface area contributed by atoms with E-state index in [9.17, 15) is 0 Å². The lowest BCUT2D eigenvalue weighted by atomic mass is 9.76. The maximum atomic E-state index is 3.48. The SMILES string of the molecule is CNC(CCC(C)(C)C)C1CCC1. The van der Waals surface area contributed by atoms with Crippen LogP contribution in [0.3, 0.4) is 0 Å². The molecule has 1 unspecified atom stereocenters. The van der Waals surface area contributed by atoms with Gasteiger partial charge in [-0.3, -0.25) is 0 Å². The van der Waals surface area contributed by atoms with Crippen LogP contribution >= 0.6 is 0 Å².